The van der Waals surface area contributed by atoms with Crippen molar-refractivity contribution < 1.29 is 9.53 Å². The number of carbonyl (C=O) groups excluding carboxylic acids is 1. The Labute approximate surface area is 94.3 Å². The Balaban J connectivity index is 2.81. The Bertz CT molecular complexity index is 279. The third-order valence-electron chi connectivity index (χ3n) is 1.82. The van der Waals surface area contributed by atoms with Crippen LogP contribution in [-0.4, -0.2) is 5.97 Å². The molecule has 1 rings (SSSR count). The Morgan fingerprint density at radius 2 is 2.23 bits per heavy atom. The van der Waals surface area contributed by atoms with Gasteiger partial charge in [-0.05, 0) is 28.8 Å². The van der Waals surface area contributed by atoms with Crippen LogP contribution in [0.3, 0.4) is 0 Å². The van der Waals surface area contributed by atoms with E-state index in [2.05, 4.69) is 38.8 Å². The molecule has 0 fully saturated rings. The smallest absolute Gasteiger partial charge is 0.351 e. The van der Waals surface area contributed by atoms with Gasteiger partial charge in [-0.1, -0.05) is 29.3 Å². The molecule has 0 unspecified atom stereocenters. The second-order valence-electron chi connectivity index (χ2n) is 2.76. The van der Waals surface area contributed by atoms with E-state index in [1.54, 1.807) is 4.99 Å². The molecule has 13 heavy (non-hydrogen) atoms. The molecular formula is C9H10Br2O2. The summed E-state index contributed by atoms with van der Waals surface area (Å²) in [5.74, 6) is 0.335. The van der Waals surface area contributed by atoms with Gasteiger partial charge in [0, 0.05) is 10.6 Å². The number of cyclic esters (lactones) is 1. The molecule has 0 saturated carbocycles. The normalized spacial score (nSPS) is 19.9. The highest BCUT2D eigenvalue weighted by Gasteiger charge is 2.26. The molecule has 72 valence electrons. The number of halogens is 2. The number of ether oxygens (including phenoxy) is 1. The molecule has 0 bridgehead atoms. The number of unbranched alkanes of at least 4 members (excludes halogenated alkanes) is 1. The zero-order valence-corrected chi connectivity index (χ0v) is 10.4. The lowest BCUT2D eigenvalue weighted by molar-refractivity contribution is -0.132. The monoisotopic (exact) mass is 308 g/mol. The predicted molar refractivity (Wildman–Crippen MR) is 58.6 cm³/mol. The van der Waals surface area contributed by atoms with Crippen LogP contribution in [0, 0.1) is 0 Å². The maximum absolute atomic E-state index is 11.1. The van der Waals surface area contributed by atoms with Crippen molar-refractivity contribution in [1.82, 2.24) is 0 Å². The molecular weight excluding hydrogens is 300 g/mol. The van der Waals surface area contributed by atoms with E-state index in [-0.39, 0.29) is 5.97 Å². The molecule has 0 radical (unpaired) electrons. The van der Waals surface area contributed by atoms with Gasteiger partial charge in [0.2, 0.25) is 0 Å². The summed E-state index contributed by atoms with van der Waals surface area (Å²) in [5.41, 5.74) is 0.962. The predicted octanol–water partition coefficient (Wildman–Crippen LogP) is 3.62. The second-order valence-corrected chi connectivity index (χ2v) is 4.01. The fraction of sp³-hybridized carbons (Fsp3) is 0.444. The van der Waals surface area contributed by atoms with E-state index in [1.165, 1.54) is 0 Å². The molecule has 0 aromatic carbocycles. The molecule has 4 heteroatoms. The van der Waals surface area contributed by atoms with Crippen LogP contribution < -0.4 is 0 Å². The number of hydrogen-bond acceptors (Lipinski definition) is 2. The number of rotatable bonds is 3. The van der Waals surface area contributed by atoms with Gasteiger partial charge < -0.3 is 4.74 Å². The Morgan fingerprint density at radius 1 is 1.54 bits per heavy atom. The molecule has 0 aliphatic carbocycles. The molecule has 1 aliphatic rings. The quantitative estimate of drug-likeness (QED) is 0.744. The van der Waals surface area contributed by atoms with Crippen molar-refractivity contribution in [3.63, 3.8) is 0 Å². The van der Waals surface area contributed by atoms with E-state index >= 15 is 0 Å². The molecule has 2 nitrogen and oxygen atoms in total. The topological polar surface area (TPSA) is 26.3 Å². The average Bonchev–Trinajstić information content (AvgIpc) is 2.40. The maximum atomic E-state index is 11.1. The highest BCUT2D eigenvalue weighted by atomic mass is 79.9. The summed E-state index contributed by atoms with van der Waals surface area (Å²) < 4.78 is 5.55. The molecule has 0 saturated heterocycles. The largest absolute Gasteiger partial charge is 0.422 e. The standard InChI is InChI=1S/C9H10Br2O2/c1-2-3-4-6-7(5-10)13-9(12)8(6)11/h5H,2-4H2,1H3. The summed E-state index contributed by atoms with van der Waals surface area (Å²) in [6.07, 6.45) is 3.04. The Hall–Kier alpha value is -0.0900. The Kier molecular flexibility index (Phi) is 4.19. The summed E-state index contributed by atoms with van der Waals surface area (Å²) in [4.78, 5) is 12.8. The number of carbonyl (C=O) groups is 1. The highest BCUT2D eigenvalue weighted by molar-refractivity contribution is 9.12. The molecule has 1 aliphatic heterocycles. The van der Waals surface area contributed by atoms with Crippen LogP contribution in [0.5, 0.6) is 0 Å². The van der Waals surface area contributed by atoms with Crippen molar-refractivity contribution >= 4 is 37.8 Å². The molecule has 0 atom stereocenters. The van der Waals surface area contributed by atoms with Crippen molar-refractivity contribution in [1.29, 1.82) is 0 Å². The van der Waals surface area contributed by atoms with Gasteiger partial charge in [0.05, 0.1) is 0 Å². The van der Waals surface area contributed by atoms with Gasteiger partial charge in [-0.3, -0.25) is 0 Å². The molecule has 0 amide bonds. The highest BCUT2D eigenvalue weighted by Crippen LogP contribution is 2.33. The first-order chi connectivity index (χ1) is 6.20. The summed E-state index contributed by atoms with van der Waals surface area (Å²) in [5, 5.41) is 0. The lowest BCUT2D eigenvalue weighted by Crippen LogP contribution is -1.92. The van der Waals surface area contributed by atoms with Gasteiger partial charge in [-0.2, -0.15) is 0 Å². The van der Waals surface area contributed by atoms with E-state index in [0.29, 0.717) is 10.2 Å². The zero-order chi connectivity index (χ0) is 9.84. The first kappa shape index (κ1) is 11.0. The minimum absolute atomic E-state index is 0.295. The average molecular weight is 310 g/mol. The van der Waals surface area contributed by atoms with Crippen LogP contribution in [0.2, 0.25) is 0 Å². The summed E-state index contributed by atoms with van der Waals surface area (Å²) in [6, 6.07) is 0. The first-order valence-electron chi connectivity index (χ1n) is 4.12. The molecule has 0 aromatic heterocycles. The second kappa shape index (κ2) is 4.96. The third-order valence-corrected chi connectivity index (χ3v) is 3.04. The van der Waals surface area contributed by atoms with Crippen LogP contribution in [0.4, 0.5) is 0 Å². The van der Waals surface area contributed by atoms with Crippen LogP contribution in [0.25, 0.3) is 0 Å². The van der Waals surface area contributed by atoms with E-state index < -0.39 is 0 Å². The fourth-order valence-corrected chi connectivity index (χ4v) is 1.96. The zero-order valence-electron chi connectivity index (χ0n) is 7.27. The van der Waals surface area contributed by atoms with E-state index in [1.807, 2.05) is 0 Å². The molecule has 0 aromatic rings. The van der Waals surface area contributed by atoms with Gasteiger partial charge in [0.15, 0.2) is 0 Å². The van der Waals surface area contributed by atoms with E-state index in [4.69, 9.17) is 4.74 Å². The first-order valence-corrected chi connectivity index (χ1v) is 5.83. The molecule has 1 heterocycles. The fourth-order valence-electron chi connectivity index (χ4n) is 1.11. The van der Waals surface area contributed by atoms with Gasteiger partial charge in [-0.15, -0.1) is 0 Å². The van der Waals surface area contributed by atoms with Gasteiger partial charge in [-0.25, -0.2) is 4.79 Å². The Morgan fingerprint density at radius 3 is 2.77 bits per heavy atom. The van der Waals surface area contributed by atoms with Gasteiger partial charge in [0.1, 0.15) is 10.2 Å². The molecule has 0 spiro atoms. The summed E-state index contributed by atoms with van der Waals surface area (Å²) in [6.45, 7) is 2.11. The van der Waals surface area contributed by atoms with Crippen molar-refractivity contribution in [2.75, 3.05) is 0 Å². The van der Waals surface area contributed by atoms with Gasteiger partial charge in [0.25, 0.3) is 0 Å². The van der Waals surface area contributed by atoms with Crippen molar-refractivity contribution in [2.45, 2.75) is 26.2 Å². The minimum Gasteiger partial charge on any atom is -0.422 e. The lowest BCUT2D eigenvalue weighted by atomic mass is 10.1. The minimum atomic E-state index is -0.295. The van der Waals surface area contributed by atoms with Crippen molar-refractivity contribution in [3.8, 4) is 0 Å². The lowest BCUT2D eigenvalue weighted by Gasteiger charge is -2.00. The third kappa shape index (κ3) is 2.44. The summed E-state index contributed by atoms with van der Waals surface area (Å²) in [7, 11) is 0. The van der Waals surface area contributed by atoms with Crippen LogP contribution >= 0.6 is 31.9 Å². The number of hydrogen-bond donors (Lipinski definition) is 0. The number of esters is 1. The van der Waals surface area contributed by atoms with E-state index in [9.17, 15) is 4.79 Å². The maximum Gasteiger partial charge on any atom is 0.351 e. The summed E-state index contributed by atoms with van der Waals surface area (Å²) >= 11 is 6.39. The SMILES string of the molecule is CCCCC1=C(Br)C(=O)OC1=CBr. The number of allylic oxidation sites excluding steroid dienone is 1. The van der Waals surface area contributed by atoms with E-state index in [0.717, 1.165) is 24.8 Å². The van der Waals surface area contributed by atoms with Crippen molar-refractivity contribution in [2.24, 2.45) is 0 Å². The van der Waals surface area contributed by atoms with Crippen LogP contribution in [0.1, 0.15) is 26.2 Å². The van der Waals surface area contributed by atoms with Crippen LogP contribution in [-0.2, 0) is 9.53 Å². The van der Waals surface area contributed by atoms with Crippen LogP contribution in [0.15, 0.2) is 20.8 Å². The molecule has 0 N–H and O–H groups in total. The van der Waals surface area contributed by atoms with Gasteiger partial charge >= 0.3 is 5.97 Å². The van der Waals surface area contributed by atoms with Crippen molar-refractivity contribution in [3.05, 3.63) is 20.8 Å².